The van der Waals surface area contributed by atoms with Gasteiger partial charge < -0.3 is 9.57 Å². The fourth-order valence-corrected chi connectivity index (χ4v) is 2.76. The fourth-order valence-electron chi connectivity index (χ4n) is 2.76. The number of methoxy groups -OCH3 is 1. The topological polar surface area (TPSA) is 75.0 Å². The highest BCUT2D eigenvalue weighted by atomic mass is 16.7. The summed E-state index contributed by atoms with van der Waals surface area (Å²) in [5.41, 5.74) is 2.91. The van der Waals surface area contributed by atoms with Crippen molar-refractivity contribution < 1.29 is 9.57 Å². The average molecular weight is 361 g/mol. The van der Waals surface area contributed by atoms with Crippen LogP contribution in [0.1, 0.15) is 17.1 Å². The van der Waals surface area contributed by atoms with Gasteiger partial charge in [-0.25, -0.2) is 4.98 Å². The molecule has 0 aliphatic carbocycles. The molecule has 2 aromatic carbocycles. The first-order valence-corrected chi connectivity index (χ1v) is 8.70. The highest BCUT2D eigenvalue weighted by molar-refractivity contribution is 5.80. The smallest absolute Gasteiger partial charge is 0.178 e. The van der Waals surface area contributed by atoms with Gasteiger partial charge in [-0.1, -0.05) is 41.5 Å². The number of fused-ring (bicyclic) bond motifs is 1. The van der Waals surface area contributed by atoms with Gasteiger partial charge in [0.1, 0.15) is 5.75 Å². The van der Waals surface area contributed by atoms with Crippen LogP contribution in [0.15, 0.2) is 60.7 Å². The van der Waals surface area contributed by atoms with E-state index >= 15 is 0 Å². The van der Waals surface area contributed by atoms with Crippen molar-refractivity contribution >= 4 is 10.9 Å². The number of benzene rings is 2. The van der Waals surface area contributed by atoms with Gasteiger partial charge in [-0.3, -0.25) is 0 Å². The molecule has 0 atom stereocenters. The molecule has 4 aromatic rings. The van der Waals surface area contributed by atoms with Crippen molar-refractivity contribution in [3.8, 4) is 5.75 Å². The second-order valence-electron chi connectivity index (χ2n) is 6.08. The molecule has 0 radical (unpaired) electrons. The number of tetrazole rings is 1. The molecule has 0 aliphatic rings. The molecule has 136 valence electrons. The van der Waals surface area contributed by atoms with E-state index in [4.69, 9.17) is 9.57 Å². The van der Waals surface area contributed by atoms with E-state index in [1.54, 1.807) is 7.11 Å². The molecule has 0 amide bonds. The third kappa shape index (κ3) is 4.20. The number of aromatic nitrogens is 5. The van der Waals surface area contributed by atoms with E-state index in [9.17, 15) is 0 Å². The molecule has 0 spiro atoms. The predicted octanol–water partition coefficient (Wildman–Crippen LogP) is 2.64. The summed E-state index contributed by atoms with van der Waals surface area (Å²) in [6, 6.07) is 19.9. The summed E-state index contributed by atoms with van der Waals surface area (Å²) in [7, 11) is 1.65. The average Bonchev–Trinajstić information content (AvgIpc) is 3.19. The predicted molar refractivity (Wildman–Crippen MR) is 100 cm³/mol. The summed E-state index contributed by atoms with van der Waals surface area (Å²) in [6.07, 6.45) is 1.58. The molecule has 0 N–H and O–H groups in total. The maximum absolute atomic E-state index is 5.56. The summed E-state index contributed by atoms with van der Waals surface area (Å²) in [5.74, 6) is 1.46. The van der Waals surface area contributed by atoms with E-state index in [1.165, 1.54) is 5.56 Å². The number of hydrogen-bond acceptors (Lipinski definition) is 6. The Morgan fingerprint density at radius 3 is 2.70 bits per heavy atom. The zero-order valence-electron chi connectivity index (χ0n) is 14.9. The van der Waals surface area contributed by atoms with Gasteiger partial charge in [0, 0.05) is 16.8 Å². The Labute approximate surface area is 156 Å². The monoisotopic (exact) mass is 361 g/mol. The molecule has 0 bridgehead atoms. The molecule has 2 heterocycles. The number of aryl methyl sites for hydroxylation is 2. The van der Waals surface area contributed by atoms with E-state index in [0.29, 0.717) is 12.2 Å². The van der Waals surface area contributed by atoms with Crippen LogP contribution in [0, 0.1) is 0 Å². The second-order valence-corrected chi connectivity index (χ2v) is 6.08. The van der Waals surface area contributed by atoms with Crippen LogP contribution in [0.2, 0.25) is 0 Å². The van der Waals surface area contributed by atoms with Gasteiger partial charge in [-0.15, -0.1) is 5.10 Å². The lowest BCUT2D eigenvalue weighted by Gasteiger charge is -2.05. The van der Waals surface area contributed by atoms with Crippen molar-refractivity contribution in [3.63, 3.8) is 0 Å². The Morgan fingerprint density at radius 2 is 1.85 bits per heavy atom. The molecule has 0 saturated carbocycles. The van der Waals surface area contributed by atoms with Crippen LogP contribution in [-0.4, -0.2) is 32.5 Å². The Balaban J connectivity index is 1.36. The first kappa shape index (κ1) is 17.0. The third-order valence-corrected chi connectivity index (χ3v) is 4.20. The highest BCUT2D eigenvalue weighted by Crippen LogP contribution is 2.19. The van der Waals surface area contributed by atoms with Gasteiger partial charge in [0.15, 0.2) is 12.4 Å². The molecule has 7 heteroatoms. The minimum Gasteiger partial charge on any atom is -0.497 e. The lowest BCUT2D eigenvalue weighted by Crippen LogP contribution is -2.15. The maximum atomic E-state index is 5.56. The maximum Gasteiger partial charge on any atom is 0.178 e. The van der Waals surface area contributed by atoms with Crippen molar-refractivity contribution in [3.05, 3.63) is 77.7 Å². The van der Waals surface area contributed by atoms with Gasteiger partial charge in [-0.05, 0) is 41.5 Å². The standard InChI is InChI=1S/C20H19N5O2/c1-26-18-10-11-19-16(13-18)8-9-17(21-19)14-27-25-23-20(22-24-25)12-7-15-5-3-2-4-6-15/h2-6,8-11,13H,7,12,14H2,1H3. The molecule has 27 heavy (non-hydrogen) atoms. The van der Waals surface area contributed by atoms with Gasteiger partial charge in [-0.2, -0.15) is 0 Å². The molecular formula is C20H19N5O2. The van der Waals surface area contributed by atoms with Gasteiger partial charge >= 0.3 is 0 Å². The van der Waals surface area contributed by atoms with Gasteiger partial charge in [0.25, 0.3) is 0 Å². The van der Waals surface area contributed by atoms with Gasteiger partial charge in [0.2, 0.25) is 0 Å². The largest absolute Gasteiger partial charge is 0.497 e. The molecule has 0 aliphatic heterocycles. The molecule has 7 nitrogen and oxygen atoms in total. The van der Waals surface area contributed by atoms with E-state index in [0.717, 1.165) is 33.7 Å². The van der Waals surface area contributed by atoms with E-state index in [-0.39, 0.29) is 6.61 Å². The number of pyridine rings is 1. The summed E-state index contributed by atoms with van der Waals surface area (Å²) in [4.78, 5) is 11.3. The van der Waals surface area contributed by atoms with Crippen LogP contribution >= 0.6 is 0 Å². The normalized spacial score (nSPS) is 10.9. The zero-order chi connectivity index (χ0) is 18.5. The van der Waals surface area contributed by atoms with Gasteiger partial charge in [0.05, 0.1) is 18.3 Å². The van der Waals surface area contributed by atoms with Crippen LogP contribution < -0.4 is 9.57 Å². The van der Waals surface area contributed by atoms with Crippen LogP contribution in [-0.2, 0) is 19.4 Å². The van der Waals surface area contributed by atoms with Crippen molar-refractivity contribution in [1.82, 2.24) is 25.4 Å². The molecule has 4 rings (SSSR count). The van der Waals surface area contributed by atoms with E-state index < -0.39 is 0 Å². The quantitative estimate of drug-likeness (QED) is 0.504. The van der Waals surface area contributed by atoms with E-state index in [1.807, 2.05) is 48.5 Å². The Bertz CT molecular complexity index is 1030. The number of nitrogens with zero attached hydrogens (tertiary/aromatic N) is 5. The van der Waals surface area contributed by atoms with Crippen molar-refractivity contribution in [2.75, 3.05) is 7.11 Å². The molecule has 0 unspecified atom stereocenters. The van der Waals surface area contributed by atoms with E-state index in [2.05, 4.69) is 32.5 Å². The number of hydrogen-bond donors (Lipinski definition) is 0. The molecule has 2 aromatic heterocycles. The fraction of sp³-hybridized carbons (Fsp3) is 0.200. The van der Waals surface area contributed by atoms with Crippen LogP contribution in [0.3, 0.4) is 0 Å². The lowest BCUT2D eigenvalue weighted by molar-refractivity contribution is 0.0365. The first-order valence-electron chi connectivity index (χ1n) is 8.70. The Hall–Kier alpha value is -3.48. The number of ether oxygens (including phenoxy) is 1. The molecular weight excluding hydrogens is 342 g/mol. The second kappa shape index (κ2) is 7.82. The molecule has 0 saturated heterocycles. The minimum atomic E-state index is 0.260. The summed E-state index contributed by atoms with van der Waals surface area (Å²) < 4.78 is 5.23. The minimum absolute atomic E-state index is 0.260. The van der Waals surface area contributed by atoms with Crippen molar-refractivity contribution in [2.24, 2.45) is 0 Å². The van der Waals surface area contributed by atoms with Crippen LogP contribution in [0.5, 0.6) is 5.75 Å². The van der Waals surface area contributed by atoms with Crippen molar-refractivity contribution in [2.45, 2.75) is 19.4 Å². The summed E-state index contributed by atoms with van der Waals surface area (Å²) >= 11 is 0. The lowest BCUT2D eigenvalue weighted by atomic mass is 10.1. The van der Waals surface area contributed by atoms with Crippen LogP contribution in [0.4, 0.5) is 0 Å². The van der Waals surface area contributed by atoms with Crippen LogP contribution in [0.25, 0.3) is 10.9 Å². The summed E-state index contributed by atoms with van der Waals surface area (Å²) in [5, 5.41) is 13.2. The van der Waals surface area contributed by atoms with Crippen molar-refractivity contribution in [1.29, 1.82) is 0 Å². The number of rotatable bonds is 7. The SMILES string of the molecule is COc1ccc2nc(COn3nnc(CCc4ccccc4)n3)ccc2c1. The Morgan fingerprint density at radius 1 is 0.963 bits per heavy atom. The molecule has 0 fully saturated rings. The third-order valence-electron chi connectivity index (χ3n) is 4.20. The summed E-state index contributed by atoms with van der Waals surface area (Å²) in [6.45, 7) is 0.260. The first-order chi connectivity index (χ1) is 13.3. The highest BCUT2D eigenvalue weighted by Gasteiger charge is 2.06. The zero-order valence-corrected chi connectivity index (χ0v) is 14.9. The Kier molecular flexibility index (Phi) is 4.91.